The minimum absolute atomic E-state index is 0.645. The van der Waals surface area contributed by atoms with Crippen molar-refractivity contribution < 1.29 is 19.0 Å². The average molecular weight is 352 g/mol. The van der Waals surface area contributed by atoms with Crippen LogP contribution in [0, 0.1) is 12.3 Å². The Morgan fingerprint density at radius 3 is 2.24 bits per heavy atom. The highest BCUT2D eigenvalue weighted by molar-refractivity contribution is 5.44. The van der Waals surface area contributed by atoms with Crippen LogP contribution in [0.3, 0.4) is 0 Å². The molecule has 1 aromatic heterocycles. The number of aryl methyl sites for hydroxylation is 1. The number of terminal acetylenes is 1. The second-order valence-corrected chi connectivity index (χ2v) is 4.61. The van der Waals surface area contributed by atoms with E-state index in [-0.39, 0.29) is 0 Å². The summed E-state index contributed by atoms with van der Waals surface area (Å²) in [6.45, 7) is 7.76. The number of hydrogen-bond acceptors (Lipinski definition) is 6. The zero-order chi connectivity index (χ0) is 19.2. The molecule has 1 N–H and O–H groups in total. The average Bonchev–Trinajstić information content (AvgIpc) is 2.65. The molecule has 0 spiro atoms. The maximum atomic E-state index is 8.81. The Kier molecular flexibility index (Phi) is 22.6. The Morgan fingerprint density at radius 1 is 1.20 bits per heavy atom. The van der Waals surface area contributed by atoms with E-state index in [0.717, 1.165) is 25.9 Å². The van der Waals surface area contributed by atoms with Crippen molar-refractivity contribution in [1.29, 1.82) is 0 Å². The van der Waals surface area contributed by atoms with Gasteiger partial charge in [0.1, 0.15) is 12.0 Å². The minimum atomic E-state index is 0.645. The lowest BCUT2D eigenvalue weighted by Crippen LogP contribution is -2.16. The summed E-state index contributed by atoms with van der Waals surface area (Å²) in [4.78, 5) is 12.8. The van der Waals surface area contributed by atoms with E-state index < -0.39 is 0 Å². The first-order chi connectivity index (χ1) is 12.2. The van der Waals surface area contributed by atoms with Crippen molar-refractivity contribution in [2.45, 2.75) is 20.3 Å². The molecule has 0 saturated carbocycles. The third-order valence-corrected chi connectivity index (χ3v) is 2.68. The van der Waals surface area contributed by atoms with E-state index in [2.05, 4.69) is 23.1 Å². The van der Waals surface area contributed by atoms with Gasteiger partial charge < -0.3 is 24.3 Å². The number of hydrogen-bond donors (Lipinski definition) is 1. The van der Waals surface area contributed by atoms with E-state index in [1.54, 1.807) is 7.11 Å². The van der Waals surface area contributed by atoms with Gasteiger partial charge in [-0.1, -0.05) is 18.9 Å². The van der Waals surface area contributed by atoms with Gasteiger partial charge in [-0.3, -0.25) is 0 Å². The van der Waals surface area contributed by atoms with Crippen molar-refractivity contribution in [2.24, 2.45) is 0 Å². The first kappa shape index (κ1) is 25.5. The van der Waals surface area contributed by atoms with Crippen LogP contribution in [0.4, 0.5) is 0 Å². The predicted molar refractivity (Wildman–Crippen MR) is 101 cm³/mol. The second kappa shape index (κ2) is 22.2. The fraction of sp³-hybridized carbons (Fsp3) is 0.579. The summed E-state index contributed by atoms with van der Waals surface area (Å²) in [6.07, 6.45) is 8.71. The van der Waals surface area contributed by atoms with Gasteiger partial charge in [-0.05, 0) is 32.0 Å². The number of pyridine rings is 1. The summed E-state index contributed by atoms with van der Waals surface area (Å²) in [6, 6.07) is 3.86. The highest BCUT2D eigenvalue weighted by atomic mass is 16.5. The van der Waals surface area contributed by atoms with Crippen LogP contribution in [0.1, 0.15) is 25.1 Å². The van der Waals surface area contributed by atoms with Crippen LogP contribution >= 0.6 is 0 Å². The summed E-state index contributed by atoms with van der Waals surface area (Å²) in [5, 5.41) is 2.99. The Morgan fingerprint density at radius 2 is 1.80 bits per heavy atom. The highest BCUT2D eigenvalue weighted by Crippen LogP contribution is 1.98. The number of likely N-dealkylation sites (N-methyl/N-ethyl adjacent to an activating group) is 1. The molecule has 0 bridgehead atoms. The lowest BCUT2D eigenvalue weighted by Gasteiger charge is -2.04. The largest absolute Gasteiger partial charge is 0.382 e. The zero-order valence-corrected chi connectivity index (χ0v) is 15.9. The van der Waals surface area contributed by atoms with Crippen LogP contribution in [0.25, 0.3) is 0 Å². The highest BCUT2D eigenvalue weighted by Gasteiger charge is 1.89. The van der Waals surface area contributed by atoms with Gasteiger partial charge in [-0.15, -0.1) is 6.42 Å². The van der Waals surface area contributed by atoms with E-state index in [0.29, 0.717) is 32.1 Å². The van der Waals surface area contributed by atoms with Gasteiger partial charge in [-0.25, -0.2) is 4.98 Å². The maximum Gasteiger partial charge on any atom is 0.116 e. The molecule has 0 unspecified atom stereocenters. The number of aromatic nitrogens is 1. The third-order valence-electron chi connectivity index (χ3n) is 2.68. The topological polar surface area (TPSA) is 69.7 Å². The molecule has 0 fully saturated rings. The molecular weight excluding hydrogens is 320 g/mol. The van der Waals surface area contributed by atoms with Crippen molar-refractivity contribution in [3.8, 4) is 12.3 Å². The number of aldehydes is 1. The molecule has 1 aromatic rings. The van der Waals surface area contributed by atoms with Crippen molar-refractivity contribution in [3.05, 3.63) is 29.6 Å². The van der Waals surface area contributed by atoms with Crippen molar-refractivity contribution >= 4 is 6.29 Å². The zero-order valence-electron chi connectivity index (χ0n) is 15.9. The standard InChI is InChI=1S/C9H9N.C8H19NO3.C2H4O/c1-3-8-5-6-9(4-2)10-7-8;1-9-3-4-11-7-8-12-6-5-10-2;1-2-3/h2,5-7H,3H2,1H3;9H,3-8H2,1-2H3;2H,1H3. The molecule has 25 heavy (non-hydrogen) atoms. The van der Waals surface area contributed by atoms with E-state index >= 15 is 0 Å². The summed E-state index contributed by atoms with van der Waals surface area (Å²) in [5.74, 6) is 2.47. The van der Waals surface area contributed by atoms with E-state index in [4.69, 9.17) is 25.4 Å². The molecule has 6 nitrogen and oxygen atoms in total. The van der Waals surface area contributed by atoms with E-state index in [1.165, 1.54) is 12.5 Å². The molecule has 0 atom stereocenters. The Labute approximate surface area is 152 Å². The van der Waals surface area contributed by atoms with Crippen LogP contribution in [0.2, 0.25) is 0 Å². The van der Waals surface area contributed by atoms with Gasteiger partial charge >= 0.3 is 0 Å². The molecule has 0 aliphatic rings. The molecule has 6 heteroatoms. The van der Waals surface area contributed by atoms with Crippen LogP contribution in [0.5, 0.6) is 0 Å². The van der Waals surface area contributed by atoms with E-state index in [9.17, 15) is 0 Å². The molecule has 1 rings (SSSR count). The summed E-state index contributed by atoms with van der Waals surface area (Å²) < 4.78 is 15.2. The minimum Gasteiger partial charge on any atom is -0.382 e. The second-order valence-electron chi connectivity index (χ2n) is 4.61. The normalized spacial score (nSPS) is 9.08. The molecule has 0 saturated heterocycles. The summed E-state index contributed by atoms with van der Waals surface area (Å²) in [5.41, 5.74) is 1.93. The molecule has 0 radical (unpaired) electrons. The number of rotatable bonds is 10. The Balaban J connectivity index is 0. The molecule has 1 heterocycles. The van der Waals surface area contributed by atoms with Crippen molar-refractivity contribution in [3.63, 3.8) is 0 Å². The summed E-state index contributed by atoms with van der Waals surface area (Å²) in [7, 11) is 3.56. The van der Waals surface area contributed by atoms with Gasteiger partial charge in [0.05, 0.1) is 33.0 Å². The Bertz CT molecular complexity index is 420. The van der Waals surface area contributed by atoms with Crippen molar-refractivity contribution in [1.82, 2.24) is 10.3 Å². The van der Waals surface area contributed by atoms with Gasteiger partial charge in [0.25, 0.3) is 0 Å². The number of ether oxygens (including phenoxy) is 3. The van der Waals surface area contributed by atoms with Gasteiger partial charge in [0.2, 0.25) is 0 Å². The molecule has 0 amide bonds. The molecule has 0 aromatic carbocycles. The number of methoxy groups -OCH3 is 1. The predicted octanol–water partition coefficient (Wildman–Crippen LogP) is 1.72. The van der Waals surface area contributed by atoms with Crippen LogP contribution < -0.4 is 5.32 Å². The molecular formula is C19H32N2O4. The smallest absolute Gasteiger partial charge is 0.116 e. The number of nitrogens with zero attached hydrogens (tertiary/aromatic N) is 1. The van der Waals surface area contributed by atoms with E-state index in [1.807, 2.05) is 25.4 Å². The first-order valence-electron chi connectivity index (χ1n) is 8.30. The van der Waals surface area contributed by atoms with Gasteiger partial charge in [0.15, 0.2) is 0 Å². The van der Waals surface area contributed by atoms with Crippen LogP contribution in [0.15, 0.2) is 18.3 Å². The fourth-order valence-electron chi connectivity index (χ4n) is 1.36. The number of carbonyl (C=O) groups excluding carboxylic acids is 1. The lowest BCUT2D eigenvalue weighted by molar-refractivity contribution is -0.106. The molecule has 0 aliphatic carbocycles. The van der Waals surface area contributed by atoms with Crippen LogP contribution in [-0.4, -0.2) is 65.0 Å². The lowest BCUT2D eigenvalue weighted by atomic mass is 10.2. The van der Waals surface area contributed by atoms with Gasteiger partial charge in [-0.2, -0.15) is 0 Å². The van der Waals surface area contributed by atoms with Crippen LogP contribution in [-0.2, 0) is 25.4 Å². The fourth-order valence-corrected chi connectivity index (χ4v) is 1.36. The number of nitrogens with one attached hydrogen (secondary N) is 1. The summed E-state index contributed by atoms with van der Waals surface area (Å²) >= 11 is 0. The maximum absolute atomic E-state index is 8.81. The molecule has 142 valence electrons. The SMILES string of the molecule is C#Cc1ccc(CC)cn1.CC=O.CNCCOCCOCCOC. The molecule has 0 aliphatic heterocycles. The Hall–Kier alpha value is -1.78. The first-order valence-corrected chi connectivity index (χ1v) is 8.30. The quantitative estimate of drug-likeness (QED) is 0.393. The van der Waals surface area contributed by atoms with Gasteiger partial charge in [0, 0.05) is 19.9 Å². The number of carbonyl (C=O) groups is 1. The monoisotopic (exact) mass is 352 g/mol. The van der Waals surface area contributed by atoms with Crippen molar-refractivity contribution in [2.75, 3.05) is 53.7 Å². The third kappa shape index (κ3) is 20.2.